The summed E-state index contributed by atoms with van der Waals surface area (Å²) in [6.45, 7) is 7.24. The number of rotatable bonds is 0. The monoisotopic (exact) mass is 302 g/mol. The Balaban J connectivity index is 1.69. The van der Waals surface area contributed by atoms with E-state index in [0.29, 0.717) is 10.8 Å². The molecule has 4 rings (SSSR count). The molecular weight excluding hydrogens is 271 g/mol. The van der Waals surface area contributed by atoms with Crippen molar-refractivity contribution in [1.29, 1.82) is 0 Å². The van der Waals surface area contributed by atoms with E-state index in [2.05, 4.69) is 32.9 Å². The van der Waals surface area contributed by atoms with Crippen LogP contribution in [0, 0.1) is 28.6 Å². The predicted octanol–water partition coefficient (Wildman–Crippen LogP) is 6.23. The molecule has 0 radical (unpaired) electrons. The van der Waals surface area contributed by atoms with Crippen molar-refractivity contribution in [3.63, 3.8) is 0 Å². The van der Waals surface area contributed by atoms with Gasteiger partial charge in [-0.25, -0.2) is 4.39 Å². The molecule has 0 saturated heterocycles. The highest BCUT2D eigenvalue weighted by molar-refractivity contribution is 5.29. The number of hydrogen-bond acceptors (Lipinski definition) is 0. The summed E-state index contributed by atoms with van der Waals surface area (Å²) in [5, 5.41) is 0. The molecule has 0 aliphatic heterocycles. The molecule has 0 unspecified atom stereocenters. The van der Waals surface area contributed by atoms with E-state index in [1.54, 1.807) is 5.57 Å². The van der Waals surface area contributed by atoms with Crippen LogP contribution in [-0.4, -0.2) is 6.17 Å². The quantitative estimate of drug-likeness (QED) is 0.465. The molecule has 0 amide bonds. The minimum absolute atomic E-state index is 0.311. The fraction of sp³-hybridized carbons (Fsp3) is 0.810. The van der Waals surface area contributed by atoms with Crippen molar-refractivity contribution < 1.29 is 4.39 Å². The Bertz CT molecular complexity index is 530. The summed E-state index contributed by atoms with van der Waals surface area (Å²) in [6.07, 6.45) is 13.5. The third-order valence-corrected chi connectivity index (χ3v) is 8.24. The predicted molar refractivity (Wildman–Crippen MR) is 90.4 cm³/mol. The average Bonchev–Trinajstić information content (AvgIpc) is 2.84. The van der Waals surface area contributed by atoms with Crippen molar-refractivity contribution in [3.8, 4) is 0 Å². The molecule has 3 fully saturated rings. The molecule has 1 heteroatoms. The van der Waals surface area contributed by atoms with Gasteiger partial charge in [-0.05, 0) is 80.5 Å². The van der Waals surface area contributed by atoms with E-state index in [4.69, 9.17) is 0 Å². The third kappa shape index (κ3) is 1.86. The van der Waals surface area contributed by atoms with Crippen LogP contribution < -0.4 is 0 Å². The fourth-order valence-electron chi connectivity index (χ4n) is 6.94. The maximum absolute atomic E-state index is 13.9. The number of alkyl halides is 1. The van der Waals surface area contributed by atoms with Crippen molar-refractivity contribution in [2.45, 2.75) is 78.3 Å². The van der Waals surface area contributed by atoms with Crippen LogP contribution in [-0.2, 0) is 0 Å². The van der Waals surface area contributed by atoms with E-state index in [1.807, 2.05) is 0 Å². The maximum atomic E-state index is 13.9. The number of halogens is 1. The Labute approximate surface area is 135 Å². The largest absolute Gasteiger partial charge is 0.247 e. The zero-order valence-electron chi connectivity index (χ0n) is 14.5. The van der Waals surface area contributed by atoms with Crippen LogP contribution >= 0.6 is 0 Å². The highest BCUT2D eigenvalue weighted by atomic mass is 19.1. The first kappa shape index (κ1) is 15.0. The van der Waals surface area contributed by atoms with Crippen LogP contribution in [0.25, 0.3) is 0 Å². The van der Waals surface area contributed by atoms with Crippen LogP contribution in [0.2, 0.25) is 0 Å². The molecule has 0 nitrogen and oxygen atoms in total. The third-order valence-electron chi connectivity index (χ3n) is 8.24. The summed E-state index contributed by atoms with van der Waals surface area (Å²) >= 11 is 0. The summed E-state index contributed by atoms with van der Waals surface area (Å²) in [6, 6.07) is 0. The summed E-state index contributed by atoms with van der Waals surface area (Å²) in [4.78, 5) is 0. The average molecular weight is 302 g/mol. The second-order valence-corrected chi connectivity index (χ2v) is 8.91. The first-order chi connectivity index (χ1) is 10.5. The molecule has 0 bridgehead atoms. The van der Waals surface area contributed by atoms with Gasteiger partial charge < -0.3 is 0 Å². The van der Waals surface area contributed by atoms with Gasteiger partial charge in [0.2, 0.25) is 0 Å². The van der Waals surface area contributed by atoms with E-state index in [0.717, 1.165) is 37.0 Å². The molecule has 0 aromatic carbocycles. The Kier molecular flexibility index (Phi) is 3.37. The van der Waals surface area contributed by atoms with Crippen LogP contribution in [0.1, 0.15) is 72.1 Å². The summed E-state index contributed by atoms with van der Waals surface area (Å²) < 4.78 is 13.9. The Morgan fingerprint density at radius 3 is 2.59 bits per heavy atom. The van der Waals surface area contributed by atoms with Crippen LogP contribution in [0.3, 0.4) is 0 Å². The second kappa shape index (κ2) is 4.95. The SMILES string of the molecule is C/C=C1/CC[C@H]2[C@@H]3CC=C4C[C@@H](F)CC[C@]4(C)[C@H]3CC[C@]12C. The summed E-state index contributed by atoms with van der Waals surface area (Å²) in [7, 11) is 0. The molecular formula is C21H31F. The van der Waals surface area contributed by atoms with E-state index in [9.17, 15) is 4.39 Å². The number of allylic oxidation sites excluding steroid dienone is 4. The standard InChI is InChI=1S/C21H31F/c1-4-14-6-8-18-17-7-5-15-13-16(22)9-11-21(15,3)19(17)10-12-20(14,18)2/h4-5,16-19H,6-13H2,1-3H3/b14-4-/t16-,17-,18-,19-,20+,21-/m0/s1. The molecule has 22 heavy (non-hydrogen) atoms. The van der Waals surface area contributed by atoms with Gasteiger partial charge in [0.1, 0.15) is 6.17 Å². The molecule has 4 aliphatic carbocycles. The van der Waals surface area contributed by atoms with Gasteiger partial charge in [0.05, 0.1) is 0 Å². The summed E-state index contributed by atoms with van der Waals surface area (Å²) in [5.41, 5.74) is 3.98. The van der Waals surface area contributed by atoms with Crippen molar-refractivity contribution in [2.24, 2.45) is 28.6 Å². The number of hydrogen-bond donors (Lipinski definition) is 0. The molecule has 0 N–H and O–H groups in total. The van der Waals surface area contributed by atoms with Crippen molar-refractivity contribution in [3.05, 3.63) is 23.3 Å². The zero-order chi connectivity index (χ0) is 15.5. The van der Waals surface area contributed by atoms with Crippen LogP contribution in [0.15, 0.2) is 23.3 Å². The highest BCUT2D eigenvalue weighted by Gasteiger charge is 2.56. The van der Waals surface area contributed by atoms with Gasteiger partial charge in [0, 0.05) is 6.42 Å². The normalized spacial score (nSPS) is 52.7. The highest BCUT2D eigenvalue weighted by Crippen LogP contribution is 2.66. The Hall–Kier alpha value is -0.590. The molecule has 4 aliphatic rings. The molecule has 3 saturated carbocycles. The molecule has 6 atom stereocenters. The van der Waals surface area contributed by atoms with Crippen molar-refractivity contribution >= 4 is 0 Å². The van der Waals surface area contributed by atoms with Gasteiger partial charge >= 0.3 is 0 Å². The first-order valence-corrected chi connectivity index (χ1v) is 9.48. The van der Waals surface area contributed by atoms with E-state index < -0.39 is 6.17 Å². The van der Waals surface area contributed by atoms with Gasteiger partial charge in [0.25, 0.3) is 0 Å². The lowest BCUT2D eigenvalue weighted by Crippen LogP contribution is -2.49. The van der Waals surface area contributed by atoms with E-state index in [-0.39, 0.29) is 0 Å². The lowest BCUT2D eigenvalue weighted by atomic mass is 9.48. The second-order valence-electron chi connectivity index (χ2n) is 8.91. The topological polar surface area (TPSA) is 0 Å². The molecule has 0 spiro atoms. The first-order valence-electron chi connectivity index (χ1n) is 9.48. The molecule has 0 aromatic heterocycles. The number of fused-ring (bicyclic) bond motifs is 5. The summed E-state index contributed by atoms with van der Waals surface area (Å²) in [5.74, 6) is 2.53. The van der Waals surface area contributed by atoms with Gasteiger partial charge in [-0.15, -0.1) is 0 Å². The molecule has 0 heterocycles. The lowest BCUT2D eigenvalue weighted by molar-refractivity contribution is -0.0200. The van der Waals surface area contributed by atoms with Gasteiger partial charge in [0.15, 0.2) is 0 Å². The maximum Gasteiger partial charge on any atom is 0.104 e. The van der Waals surface area contributed by atoms with Crippen molar-refractivity contribution in [1.82, 2.24) is 0 Å². The van der Waals surface area contributed by atoms with E-state index in [1.165, 1.54) is 37.7 Å². The van der Waals surface area contributed by atoms with Crippen LogP contribution in [0.5, 0.6) is 0 Å². The zero-order valence-corrected chi connectivity index (χ0v) is 14.5. The smallest absolute Gasteiger partial charge is 0.104 e. The molecule has 122 valence electrons. The van der Waals surface area contributed by atoms with Gasteiger partial charge in [-0.2, -0.15) is 0 Å². The van der Waals surface area contributed by atoms with Gasteiger partial charge in [-0.3, -0.25) is 0 Å². The van der Waals surface area contributed by atoms with Gasteiger partial charge in [-0.1, -0.05) is 37.1 Å². The Morgan fingerprint density at radius 2 is 1.82 bits per heavy atom. The minimum Gasteiger partial charge on any atom is -0.247 e. The van der Waals surface area contributed by atoms with Crippen LogP contribution in [0.4, 0.5) is 4.39 Å². The minimum atomic E-state index is -0.578. The Morgan fingerprint density at radius 1 is 1.09 bits per heavy atom. The van der Waals surface area contributed by atoms with Crippen molar-refractivity contribution in [2.75, 3.05) is 0 Å². The van der Waals surface area contributed by atoms with E-state index >= 15 is 0 Å². The molecule has 0 aromatic rings. The lowest BCUT2D eigenvalue weighted by Gasteiger charge is -2.57. The fourth-order valence-corrected chi connectivity index (χ4v) is 6.94.